The third-order valence-corrected chi connectivity index (χ3v) is 2.38. The number of halogens is 3. The van der Waals surface area contributed by atoms with Gasteiger partial charge in [0.05, 0.1) is 10.6 Å². The minimum Gasteiger partial charge on any atom is -0.433 e. The topological polar surface area (TPSA) is 69.2 Å². The van der Waals surface area contributed by atoms with Crippen molar-refractivity contribution >= 4 is 5.69 Å². The zero-order valence-electron chi connectivity index (χ0n) is 9.56. The van der Waals surface area contributed by atoms with E-state index < -0.39 is 17.0 Å². The summed E-state index contributed by atoms with van der Waals surface area (Å²) in [5.41, 5.74) is 0.212. The van der Waals surface area contributed by atoms with Crippen LogP contribution in [0.25, 0.3) is 11.3 Å². The van der Waals surface area contributed by atoms with Gasteiger partial charge in [-0.1, -0.05) is 0 Å². The number of hydrogen-bond acceptors (Lipinski definition) is 4. The van der Waals surface area contributed by atoms with Crippen molar-refractivity contribution in [3.05, 3.63) is 46.0 Å². The summed E-state index contributed by atoms with van der Waals surface area (Å²) in [6.45, 7) is 1.37. The number of rotatable bonds is 2. The molecular weight excluding hydrogens is 265 g/mol. The molecule has 1 aromatic carbocycles. The molecule has 1 aromatic heterocycles. The minimum atomic E-state index is -4.66. The molecule has 1 heterocycles. The van der Waals surface area contributed by atoms with Gasteiger partial charge >= 0.3 is 12.1 Å². The highest BCUT2D eigenvalue weighted by Gasteiger charge is 2.38. The highest BCUT2D eigenvalue weighted by Crippen LogP contribution is 2.34. The Morgan fingerprint density at radius 3 is 2.26 bits per heavy atom. The second-order valence-corrected chi connectivity index (χ2v) is 3.74. The maximum atomic E-state index is 12.4. The van der Waals surface area contributed by atoms with Crippen LogP contribution in [0.4, 0.5) is 18.9 Å². The van der Waals surface area contributed by atoms with Crippen molar-refractivity contribution in [3.8, 4) is 11.3 Å². The first-order valence-electron chi connectivity index (χ1n) is 5.08. The number of alkyl halides is 3. The Morgan fingerprint density at radius 2 is 1.84 bits per heavy atom. The van der Waals surface area contributed by atoms with Crippen molar-refractivity contribution in [1.82, 2.24) is 4.98 Å². The molecule has 8 heteroatoms. The van der Waals surface area contributed by atoms with E-state index in [1.54, 1.807) is 0 Å². The molecule has 2 aromatic rings. The molecule has 0 saturated heterocycles. The number of nitrogens with zero attached hydrogens (tertiary/aromatic N) is 2. The molecule has 19 heavy (non-hydrogen) atoms. The minimum absolute atomic E-state index is 0.0535. The summed E-state index contributed by atoms with van der Waals surface area (Å²) in [4.78, 5) is 13.2. The van der Waals surface area contributed by atoms with E-state index in [0.717, 1.165) is 0 Å². The SMILES string of the molecule is Cc1nc(C(F)(F)F)oc1-c1ccc([N+](=O)[O-])cc1. The van der Waals surface area contributed by atoms with Crippen molar-refractivity contribution < 1.29 is 22.5 Å². The van der Waals surface area contributed by atoms with Crippen LogP contribution >= 0.6 is 0 Å². The zero-order valence-corrected chi connectivity index (χ0v) is 9.56. The van der Waals surface area contributed by atoms with Gasteiger partial charge in [-0.2, -0.15) is 13.2 Å². The van der Waals surface area contributed by atoms with Crippen molar-refractivity contribution in [1.29, 1.82) is 0 Å². The van der Waals surface area contributed by atoms with Crippen molar-refractivity contribution in [2.24, 2.45) is 0 Å². The third kappa shape index (κ3) is 2.56. The lowest BCUT2D eigenvalue weighted by Crippen LogP contribution is -2.04. The van der Waals surface area contributed by atoms with E-state index in [2.05, 4.69) is 9.40 Å². The van der Waals surface area contributed by atoms with Crippen LogP contribution in [-0.2, 0) is 6.18 Å². The monoisotopic (exact) mass is 272 g/mol. The van der Waals surface area contributed by atoms with E-state index >= 15 is 0 Å². The molecule has 0 spiro atoms. The Labute approximate surface area is 104 Å². The lowest BCUT2D eigenvalue weighted by Gasteiger charge is -1.99. The number of nitro benzene ring substituents is 1. The molecule has 0 N–H and O–H groups in total. The molecule has 0 amide bonds. The van der Waals surface area contributed by atoms with E-state index in [4.69, 9.17) is 0 Å². The molecule has 0 fully saturated rings. The average Bonchev–Trinajstić information content (AvgIpc) is 2.71. The van der Waals surface area contributed by atoms with Gasteiger partial charge in [-0.05, 0) is 19.1 Å². The predicted molar refractivity (Wildman–Crippen MR) is 58.3 cm³/mol. The van der Waals surface area contributed by atoms with Crippen molar-refractivity contribution in [2.75, 3.05) is 0 Å². The number of non-ortho nitro benzene ring substituents is 1. The van der Waals surface area contributed by atoms with Crippen LogP contribution in [0.5, 0.6) is 0 Å². The van der Waals surface area contributed by atoms with Crippen LogP contribution in [0.1, 0.15) is 11.6 Å². The smallest absolute Gasteiger partial charge is 0.433 e. The number of benzene rings is 1. The fourth-order valence-electron chi connectivity index (χ4n) is 1.52. The zero-order chi connectivity index (χ0) is 14.2. The molecule has 0 radical (unpaired) electrons. The van der Waals surface area contributed by atoms with E-state index in [9.17, 15) is 23.3 Å². The van der Waals surface area contributed by atoms with Crippen LogP contribution in [0.2, 0.25) is 0 Å². The maximum absolute atomic E-state index is 12.4. The van der Waals surface area contributed by atoms with Gasteiger partial charge in [0, 0.05) is 17.7 Å². The van der Waals surface area contributed by atoms with Crippen molar-refractivity contribution in [2.45, 2.75) is 13.1 Å². The fraction of sp³-hybridized carbons (Fsp3) is 0.182. The molecule has 5 nitrogen and oxygen atoms in total. The number of aryl methyl sites for hydroxylation is 1. The Kier molecular flexibility index (Phi) is 3.01. The Hall–Kier alpha value is -2.38. The highest BCUT2D eigenvalue weighted by molar-refractivity contribution is 5.61. The van der Waals surface area contributed by atoms with Crippen LogP contribution < -0.4 is 0 Å². The molecule has 0 bridgehead atoms. The summed E-state index contributed by atoms with van der Waals surface area (Å²) < 4.78 is 41.9. The van der Waals surface area contributed by atoms with E-state index in [0.29, 0.717) is 5.56 Å². The first kappa shape index (κ1) is 13.1. The van der Waals surface area contributed by atoms with Gasteiger partial charge < -0.3 is 4.42 Å². The van der Waals surface area contributed by atoms with Gasteiger partial charge in [0.2, 0.25) is 0 Å². The van der Waals surface area contributed by atoms with E-state index in [1.807, 2.05) is 0 Å². The molecule has 0 saturated carbocycles. The van der Waals surface area contributed by atoms with Gasteiger partial charge in [-0.25, -0.2) is 4.98 Å². The third-order valence-electron chi connectivity index (χ3n) is 2.38. The van der Waals surface area contributed by atoms with Gasteiger partial charge in [0.25, 0.3) is 5.69 Å². The number of hydrogen-bond donors (Lipinski definition) is 0. The quantitative estimate of drug-likeness (QED) is 0.619. The normalized spacial score (nSPS) is 11.6. The summed E-state index contributed by atoms with van der Waals surface area (Å²) in [6, 6.07) is 4.99. The molecule has 0 aliphatic heterocycles. The molecule has 100 valence electrons. The lowest BCUT2D eigenvalue weighted by atomic mass is 10.1. The second-order valence-electron chi connectivity index (χ2n) is 3.74. The highest BCUT2D eigenvalue weighted by atomic mass is 19.4. The predicted octanol–water partition coefficient (Wildman–Crippen LogP) is 3.58. The van der Waals surface area contributed by atoms with Crippen molar-refractivity contribution in [3.63, 3.8) is 0 Å². The van der Waals surface area contributed by atoms with Crippen LogP contribution in [0.15, 0.2) is 28.7 Å². The average molecular weight is 272 g/mol. The second kappa shape index (κ2) is 4.38. The maximum Gasteiger partial charge on any atom is 0.468 e. The Balaban J connectivity index is 2.42. The molecular formula is C11H7F3N2O3. The van der Waals surface area contributed by atoms with Gasteiger partial charge in [-0.15, -0.1) is 0 Å². The van der Waals surface area contributed by atoms with Crippen LogP contribution in [-0.4, -0.2) is 9.91 Å². The Morgan fingerprint density at radius 1 is 1.26 bits per heavy atom. The number of aromatic nitrogens is 1. The molecule has 0 unspecified atom stereocenters. The van der Waals surface area contributed by atoms with E-state index in [-0.39, 0.29) is 17.1 Å². The number of nitro groups is 1. The summed E-state index contributed by atoms with van der Waals surface area (Å²) >= 11 is 0. The lowest BCUT2D eigenvalue weighted by molar-refractivity contribution is -0.384. The fourth-order valence-corrected chi connectivity index (χ4v) is 1.52. The van der Waals surface area contributed by atoms with Gasteiger partial charge in [0.1, 0.15) is 0 Å². The number of oxazole rings is 1. The summed E-state index contributed by atoms with van der Waals surface area (Å²) in [5.74, 6) is -1.39. The molecule has 0 aliphatic rings. The summed E-state index contributed by atoms with van der Waals surface area (Å²) in [5, 5.41) is 10.5. The first-order valence-corrected chi connectivity index (χ1v) is 5.08. The van der Waals surface area contributed by atoms with Crippen LogP contribution in [0.3, 0.4) is 0 Å². The van der Waals surface area contributed by atoms with E-state index in [1.165, 1.54) is 31.2 Å². The molecule has 0 atom stereocenters. The van der Waals surface area contributed by atoms with Gasteiger partial charge in [-0.3, -0.25) is 10.1 Å². The molecule has 2 rings (SSSR count). The van der Waals surface area contributed by atoms with Gasteiger partial charge in [0.15, 0.2) is 5.76 Å². The first-order chi connectivity index (χ1) is 8.79. The summed E-state index contributed by atoms with van der Waals surface area (Å²) in [7, 11) is 0. The largest absolute Gasteiger partial charge is 0.468 e. The molecule has 0 aliphatic carbocycles. The standard InChI is InChI=1S/C11H7F3N2O3/c1-6-9(19-10(15-6)11(12,13)14)7-2-4-8(5-3-7)16(17)18/h2-5H,1H3. The Bertz CT molecular complexity index is 617. The van der Waals surface area contributed by atoms with Crippen LogP contribution in [0, 0.1) is 17.0 Å². The summed E-state index contributed by atoms with van der Waals surface area (Å²) in [6.07, 6.45) is -4.66.